The van der Waals surface area contributed by atoms with Gasteiger partial charge in [0.2, 0.25) is 0 Å². The van der Waals surface area contributed by atoms with E-state index in [0.717, 1.165) is 34.0 Å². The van der Waals surface area contributed by atoms with Gasteiger partial charge in [0.15, 0.2) is 4.80 Å². The minimum Gasteiger partial charge on any atom is -0.494 e. The van der Waals surface area contributed by atoms with Gasteiger partial charge in [0.1, 0.15) is 5.75 Å². The highest BCUT2D eigenvalue weighted by molar-refractivity contribution is 7.07. The fraction of sp³-hybridized carbons (Fsp3) is 0.303. The van der Waals surface area contributed by atoms with Crippen LogP contribution in [0.4, 0.5) is 0 Å². The number of esters is 1. The Morgan fingerprint density at radius 3 is 2.32 bits per heavy atom. The molecule has 2 aromatic carbocycles. The molecule has 0 spiro atoms. The molecule has 0 saturated carbocycles. The molecule has 0 unspecified atom stereocenters. The molecular formula is C33H35N3O4S. The summed E-state index contributed by atoms with van der Waals surface area (Å²) in [5.41, 5.74) is 8.15. The highest BCUT2D eigenvalue weighted by atomic mass is 32.1. The lowest BCUT2D eigenvalue weighted by molar-refractivity contribution is -0.139. The molecule has 1 atom stereocenters. The van der Waals surface area contributed by atoms with E-state index >= 15 is 0 Å². The number of carbonyl (C=O) groups is 1. The summed E-state index contributed by atoms with van der Waals surface area (Å²) in [6.07, 6.45) is 1.94. The van der Waals surface area contributed by atoms with E-state index in [1.165, 1.54) is 22.5 Å². The Labute approximate surface area is 243 Å². The lowest BCUT2D eigenvalue weighted by atomic mass is 9.96. The van der Waals surface area contributed by atoms with Crippen molar-refractivity contribution in [3.8, 4) is 11.4 Å². The summed E-state index contributed by atoms with van der Waals surface area (Å²) in [5, 5.41) is 0. The Morgan fingerprint density at radius 1 is 1.00 bits per heavy atom. The van der Waals surface area contributed by atoms with Crippen molar-refractivity contribution in [1.29, 1.82) is 0 Å². The number of allylic oxidation sites excluding steroid dienone is 1. The fourth-order valence-corrected chi connectivity index (χ4v) is 6.63. The molecule has 0 radical (unpaired) electrons. The highest BCUT2D eigenvalue weighted by Crippen LogP contribution is 2.32. The molecule has 0 saturated heterocycles. The van der Waals surface area contributed by atoms with Gasteiger partial charge in [-0.15, -0.1) is 0 Å². The fourth-order valence-electron chi connectivity index (χ4n) is 5.60. The zero-order valence-corrected chi connectivity index (χ0v) is 25.4. The third kappa shape index (κ3) is 5.08. The Balaban J connectivity index is 1.69. The van der Waals surface area contributed by atoms with E-state index in [2.05, 4.69) is 56.5 Å². The second kappa shape index (κ2) is 11.4. The topological polar surface area (TPSA) is 74.8 Å². The van der Waals surface area contributed by atoms with Gasteiger partial charge in [0, 0.05) is 11.4 Å². The molecule has 0 bridgehead atoms. The number of ether oxygens (including phenoxy) is 2. The maximum absolute atomic E-state index is 14.1. The Kier molecular flexibility index (Phi) is 7.87. The number of nitrogens with zero attached hydrogens (tertiary/aromatic N) is 3. The number of benzene rings is 2. The first kappa shape index (κ1) is 28.4. The number of hydrogen-bond acceptors (Lipinski definition) is 6. The van der Waals surface area contributed by atoms with Crippen LogP contribution in [0.1, 0.15) is 60.5 Å². The first-order chi connectivity index (χ1) is 19.7. The predicted octanol–water partition coefficient (Wildman–Crippen LogP) is 5.22. The SMILES string of the molecule is CCOC(=O)C1=C(C)N=c2s/c(=C/c3cc(C)n(-c4c(C)cccc4C)c3C)c(=O)n2[C@H]1c1ccc(OCC)cc1. The van der Waals surface area contributed by atoms with Gasteiger partial charge in [-0.25, -0.2) is 9.79 Å². The van der Waals surface area contributed by atoms with Crippen molar-refractivity contribution in [2.75, 3.05) is 13.2 Å². The monoisotopic (exact) mass is 569 g/mol. The van der Waals surface area contributed by atoms with Gasteiger partial charge in [0.25, 0.3) is 5.56 Å². The average Bonchev–Trinajstić information content (AvgIpc) is 3.38. The van der Waals surface area contributed by atoms with E-state index in [9.17, 15) is 9.59 Å². The third-order valence-corrected chi connectivity index (χ3v) is 8.43. The molecule has 1 aliphatic heterocycles. The van der Waals surface area contributed by atoms with Crippen LogP contribution in [0, 0.1) is 27.7 Å². The number of fused-ring (bicyclic) bond motifs is 1. The smallest absolute Gasteiger partial charge is 0.338 e. The molecule has 2 aromatic heterocycles. The maximum Gasteiger partial charge on any atom is 0.338 e. The summed E-state index contributed by atoms with van der Waals surface area (Å²) in [6, 6.07) is 15.2. The van der Waals surface area contributed by atoms with Gasteiger partial charge in [-0.3, -0.25) is 9.36 Å². The van der Waals surface area contributed by atoms with Crippen LogP contribution in [0.25, 0.3) is 11.8 Å². The molecule has 7 nitrogen and oxygen atoms in total. The highest BCUT2D eigenvalue weighted by Gasteiger charge is 2.33. The van der Waals surface area contributed by atoms with Gasteiger partial charge < -0.3 is 14.0 Å². The van der Waals surface area contributed by atoms with Gasteiger partial charge in [-0.1, -0.05) is 41.7 Å². The minimum absolute atomic E-state index is 0.196. The van der Waals surface area contributed by atoms with Crippen LogP contribution < -0.4 is 19.6 Å². The van der Waals surface area contributed by atoms with Crippen molar-refractivity contribution >= 4 is 23.4 Å². The largest absolute Gasteiger partial charge is 0.494 e. The number of aromatic nitrogens is 2. The van der Waals surface area contributed by atoms with Crippen molar-refractivity contribution in [2.24, 2.45) is 4.99 Å². The average molecular weight is 570 g/mol. The molecule has 0 amide bonds. The third-order valence-electron chi connectivity index (χ3n) is 7.44. The lowest BCUT2D eigenvalue weighted by Gasteiger charge is -2.24. The van der Waals surface area contributed by atoms with E-state index in [0.29, 0.717) is 27.2 Å². The van der Waals surface area contributed by atoms with Crippen molar-refractivity contribution in [2.45, 2.75) is 54.5 Å². The van der Waals surface area contributed by atoms with Crippen LogP contribution in [0.15, 0.2) is 69.6 Å². The van der Waals surface area contributed by atoms with Crippen molar-refractivity contribution in [3.63, 3.8) is 0 Å². The van der Waals surface area contributed by atoms with Crippen LogP contribution in [0.5, 0.6) is 5.75 Å². The molecule has 0 fully saturated rings. The minimum atomic E-state index is -0.662. The molecule has 5 rings (SSSR count). The zero-order valence-electron chi connectivity index (χ0n) is 24.6. The Hall–Kier alpha value is -4.17. The molecule has 4 aromatic rings. The van der Waals surface area contributed by atoms with Crippen LogP contribution in [-0.2, 0) is 9.53 Å². The van der Waals surface area contributed by atoms with E-state index < -0.39 is 12.0 Å². The van der Waals surface area contributed by atoms with Crippen molar-refractivity contribution in [1.82, 2.24) is 9.13 Å². The van der Waals surface area contributed by atoms with Crippen molar-refractivity contribution in [3.05, 3.63) is 113 Å². The van der Waals surface area contributed by atoms with Gasteiger partial charge in [-0.05, 0) is 95.0 Å². The van der Waals surface area contributed by atoms with E-state index in [1.54, 1.807) is 18.4 Å². The number of thiazole rings is 1. The maximum atomic E-state index is 14.1. The Morgan fingerprint density at radius 2 is 1.68 bits per heavy atom. The lowest BCUT2D eigenvalue weighted by Crippen LogP contribution is -2.39. The zero-order chi connectivity index (χ0) is 29.4. The van der Waals surface area contributed by atoms with Crippen LogP contribution in [-0.4, -0.2) is 28.3 Å². The molecule has 1 aliphatic rings. The molecule has 0 aliphatic carbocycles. The number of para-hydroxylation sites is 1. The summed E-state index contributed by atoms with van der Waals surface area (Å²) in [4.78, 5) is 32.5. The quantitative estimate of drug-likeness (QED) is 0.286. The van der Waals surface area contributed by atoms with Crippen molar-refractivity contribution < 1.29 is 14.3 Å². The normalized spacial score (nSPS) is 15.1. The van der Waals surface area contributed by atoms with Crippen LogP contribution >= 0.6 is 11.3 Å². The van der Waals surface area contributed by atoms with Gasteiger partial charge in [0.05, 0.1) is 40.7 Å². The number of hydrogen-bond donors (Lipinski definition) is 0. The molecule has 3 heterocycles. The summed E-state index contributed by atoms with van der Waals surface area (Å²) >= 11 is 1.33. The summed E-state index contributed by atoms with van der Waals surface area (Å²) < 4.78 is 15.5. The molecule has 0 N–H and O–H groups in total. The molecule has 8 heteroatoms. The van der Waals surface area contributed by atoms with Gasteiger partial charge >= 0.3 is 5.97 Å². The first-order valence-electron chi connectivity index (χ1n) is 13.8. The molecule has 41 heavy (non-hydrogen) atoms. The van der Waals surface area contributed by atoms with E-state index in [-0.39, 0.29) is 12.2 Å². The summed E-state index contributed by atoms with van der Waals surface area (Å²) in [5.74, 6) is 0.250. The number of aryl methyl sites for hydroxylation is 3. The van der Waals surface area contributed by atoms with E-state index in [1.807, 2.05) is 37.3 Å². The number of carbonyl (C=O) groups excluding carboxylic acids is 1. The standard InChI is InChI=1S/C33H35N3O4S/c1-8-39-26-15-13-24(14-16-26)30-28(32(38)40-9-2)22(6)34-33-36(30)31(37)27(41-33)18-25-17-21(5)35(23(25)7)29-19(3)11-10-12-20(29)4/h10-18,30H,8-9H2,1-7H3/b27-18+/t30-/m0/s1. The Bertz CT molecular complexity index is 1840. The first-order valence-corrected chi connectivity index (χ1v) is 14.7. The van der Waals surface area contributed by atoms with Crippen LogP contribution in [0.3, 0.4) is 0 Å². The molecule has 212 valence electrons. The summed E-state index contributed by atoms with van der Waals surface area (Å²) in [7, 11) is 0. The van der Waals surface area contributed by atoms with Crippen LogP contribution in [0.2, 0.25) is 0 Å². The predicted molar refractivity (Wildman–Crippen MR) is 163 cm³/mol. The second-order valence-electron chi connectivity index (χ2n) is 10.2. The van der Waals surface area contributed by atoms with Gasteiger partial charge in [-0.2, -0.15) is 0 Å². The number of rotatable bonds is 7. The molecular weight excluding hydrogens is 534 g/mol. The van der Waals surface area contributed by atoms with E-state index in [4.69, 9.17) is 14.5 Å². The summed E-state index contributed by atoms with van der Waals surface area (Å²) in [6.45, 7) is 14.7. The second-order valence-corrected chi connectivity index (χ2v) is 11.2.